The van der Waals surface area contributed by atoms with Crippen LogP contribution in [0.3, 0.4) is 0 Å². The molecule has 0 radical (unpaired) electrons. The Morgan fingerprint density at radius 2 is 1.25 bits per heavy atom. The SMILES string of the molecule is O=C(CS(=O)(=O)c1c(-c2ccccc2)[nH]c(-c2ccccc2)c1[N+](=O)[O-])c1ccccc1. The van der Waals surface area contributed by atoms with Gasteiger partial charge in [-0.15, -0.1) is 0 Å². The van der Waals surface area contributed by atoms with E-state index in [0.29, 0.717) is 11.1 Å². The number of ketones is 1. The van der Waals surface area contributed by atoms with Gasteiger partial charge in [0.15, 0.2) is 20.5 Å². The number of aromatic nitrogens is 1. The lowest BCUT2D eigenvalue weighted by molar-refractivity contribution is -0.386. The van der Waals surface area contributed by atoms with Crippen LogP contribution in [0, 0.1) is 10.1 Å². The van der Waals surface area contributed by atoms with Gasteiger partial charge in [0.05, 0.1) is 10.6 Å². The molecule has 3 aromatic carbocycles. The van der Waals surface area contributed by atoms with Crippen molar-refractivity contribution in [2.75, 3.05) is 5.75 Å². The van der Waals surface area contributed by atoms with Crippen LogP contribution < -0.4 is 0 Å². The van der Waals surface area contributed by atoms with Crippen molar-refractivity contribution < 1.29 is 18.1 Å². The van der Waals surface area contributed by atoms with Gasteiger partial charge in [-0.2, -0.15) is 0 Å². The summed E-state index contributed by atoms with van der Waals surface area (Å²) in [6, 6.07) is 24.9. The molecule has 0 aliphatic heterocycles. The van der Waals surface area contributed by atoms with E-state index in [1.54, 1.807) is 78.9 Å². The van der Waals surface area contributed by atoms with Gasteiger partial charge in [0.1, 0.15) is 11.4 Å². The summed E-state index contributed by atoms with van der Waals surface area (Å²) in [4.78, 5) is 26.5. The molecule has 7 nitrogen and oxygen atoms in total. The normalized spacial score (nSPS) is 11.2. The molecular formula is C24H18N2O5S. The number of sulfone groups is 1. The predicted molar refractivity (Wildman–Crippen MR) is 121 cm³/mol. The molecule has 4 aromatic rings. The summed E-state index contributed by atoms with van der Waals surface area (Å²) >= 11 is 0. The van der Waals surface area contributed by atoms with E-state index in [0.717, 1.165) is 0 Å². The van der Waals surface area contributed by atoms with E-state index in [1.807, 2.05) is 0 Å². The zero-order valence-corrected chi connectivity index (χ0v) is 17.6. The van der Waals surface area contributed by atoms with Crippen molar-refractivity contribution in [3.05, 3.63) is 107 Å². The van der Waals surface area contributed by atoms with Crippen LogP contribution in [0.5, 0.6) is 0 Å². The Hall–Kier alpha value is -4.04. The van der Waals surface area contributed by atoms with Crippen LogP contribution in [0.1, 0.15) is 10.4 Å². The van der Waals surface area contributed by atoms with Crippen LogP contribution >= 0.6 is 0 Å². The van der Waals surface area contributed by atoms with Crippen molar-refractivity contribution in [3.8, 4) is 22.5 Å². The summed E-state index contributed by atoms with van der Waals surface area (Å²) in [5.41, 5.74) is 0.725. The summed E-state index contributed by atoms with van der Waals surface area (Å²) < 4.78 is 26.9. The molecule has 0 saturated heterocycles. The first-order valence-electron chi connectivity index (χ1n) is 9.70. The average Bonchev–Trinajstić information content (AvgIpc) is 3.23. The van der Waals surface area contributed by atoms with E-state index in [2.05, 4.69) is 4.98 Å². The molecule has 1 N–H and O–H groups in total. The third-order valence-electron chi connectivity index (χ3n) is 4.96. The van der Waals surface area contributed by atoms with E-state index >= 15 is 0 Å². The smallest absolute Gasteiger partial charge is 0.314 e. The molecule has 0 atom stereocenters. The van der Waals surface area contributed by atoms with Crippen molar-refractivity contribution in [2.24, 2.45) is 0 Å². The highest BCUT2D eigenvalue weighted by atomic mass is 32.2. The molecule has 1 heterocycles. The Morgan fingerprint density at radius 3 is 1.75 bits per heavy atom. The van der Waals surface area contributed by atoms with Crippen LogP contribution in [0.4, 0.5) is 5.69 Å². The summed E-state index contributed by atoms with van der Waals surface area (Å²) in [5.74, 6) is -1.52. The number of nitrogens with zero attached hydrogens (tertiary/aromatic N) is 1. The second kappa shape index (κ2) is 8.60. The van der Waals surface area contributed by atoms with Gasteiger partial charge in [0, 0.05) is 11.1 Å². The Labute approximate surface area is 184 Å². The van der Waals surface area contributed by atoms with E-state index in [-0.39, 0.29) is 17.0 Å². The Balaban J connectivity index is 1.94. The highest BCUT2D eigenvalue weighted by Crippen LogP contribution is 2.42. The molecule has 0 aliphatic carbocycles. The minimum atomic E-state index is -4.37. The second-order valence-corrected chi connectivity index (χ2v) is 9.02. The highest BCUT2D eigenvalue weighted by Gasteiger charge is 2.37. The number of carbonyl (C=O) groups is 1. The standard InChI is InChI=1S/C24H18N2O5S/c27-20(17-10-4-1-5-11-17)16-32(30,31)24-22(19-14-8-3-9-15-19)25-21(23(24)26(28)29)18-12-6-2-7-13-18/h1-15,25H,16H2. The number of nitrogens with one attached hydrogen (secondary N) is 1. The molecule has 4 rings (SSSR count). The Morgan fingerprint density at radius 1 is 0.781 bits per heavy atom. The molecule has 1 aromatic heterocycles. The fourth-order valence-corrected chi connectivity index (χ4v) is 5.13. The fourth-order valence-electron chi connectivity index (χ4n) is 3.52. The van der Waals surface area contributed by atoms with Gasteiger partial charge in [0.25, 0.3) is 0 Å². The lowest BCUT2D eigenvalue weighted by atomic mass is 10.1. The number of hydrogen-bond acceptors (Lipinski definition) is 5. The lowest BCUT2D eigenvalue weighted by Gasteiger charge is -2.06. The van der Waals surface area contributed by atoms with E-state index < -0.39 is 36.9 Å². The molecule has 0 spiro atoms. The average molecular weight is 446 g/mol. The number of nitro groups is 1. The van der Waals surface area contributed by atoms with Crippen LogP contribution in [0.15, 0.2) is 95.9 Å². The minimum Gasteiger partial charge on any atom is -0.348 e. The highest BCUT2D eigenvalue weighted by molar-refractivity contribution is 7.92. The summed E-state index contributed by atoms with van der Waals surface area (Å²) in [6.07, 6.45) is 0. The van der Waals surface area contributed by atoms with Crippen molar-refractivity contribution in [1.29, 1.82) is 0 Å². The van der Waals surface area contributed by atoms with Gasteiger partial charge < -0.3 is 4.98 Å². The number of rotatable bonds is 7. The number of H-pyrrole nitrogens is 1. The molecule has 0 unspecified atom stereocenters. The van der Waals surface area contributed by atoms with Gasteiger partial charge in [0.2, 0.25) is 0 Å². The number of benzene rings is 3. The van der Waals surface area contributed by atoms with Crippen LogP contribution in [-0.2, 0) is 9.84 Å². The predicted octanol–water partition coefficient (Wildman–Crippen LogP) is 4.91. The molecule has 0 bridgehead atoms. The Bertz CT molecular complexity index is 1380. The Kier molecular flexibility index (Phi) is 5.70. The van der Waals surface area contributed by atoms with Gasteiger partial charge in [-0.3, -0.25) is 14.9 Å². The molecule has 0 saturated carbocycles. The maximum absolute atomic E-state index is 13.4. The first kappa shape index (κ1) is 21.2. The van der Waals surface area contributed by atoms with Gasteiger partial charge in [-0.05, 0) is 5.56 Å². The summed E-state index contributed by atoms with van der Waals surface area (Å²) in [5, 5.41) is 12.1. The molecule has 0 amide bonds. The molecule has 160 valence electrons. The first-order chi connectivity index (χ1) is 15.4. The van der Waals surface area contributed by atoms with Crippen molar-refractivity contribution in [2.45, 2.75) is 4.90 Å². The third kappa shape index (κ3) is 4.08. The molecule has 32 heavy (non-hydrogen) atoms. The molecule has 8 heteroatoms. The van der Waals surface area contributed by atoms with Crippen LogP contribution in [0.2, 0.25) is 0 Å². The minimum absolute atomic E-state index is 0.0696. The van der Waals surface area contributed by atoms with Crippen LogP contribution in [-0.4, -0.2) is 29.9 Å². The fraction of sp³-hybridized carbons (Fsp3) is 0.0417. The number of Topliss-reactive ketones (excluding diaryl/α,β-unsaturated/α-hetero) is 1. The largest absolute Gasteiger partial charge is 0.348 e. The van der Waals surface area contributed by atoms with Gasteiger partial charge in [-0.25, -0.2) is 8.42 Å². The number of hydrogen-bond donors (Lipinski definition) is 1. The topological polar surface area (TPSA) is 110 Å². The first-order valence-corrected chi connectivity index (χ1v) is 11.4. The van der Waals surface area contributed by atoms with Crippen molar-refractivity contribution >= 4 is 21.3 Å². The maximum atomic E-state index is 13.4. The van der Waals surface area contributed by atoms with Crippen LogP contribution in [0.25, 0.3) is 22.5 Å². The summed E-state index contributed by atoms with van der Waals surface area (Å²) in [7, 11) is -4.37. The molecular weight excluding hydrogens is 428 g/mol. The number of carbonyl (C=O) groups excluding carboxylic acids is 1. The molecule has 0 fully saturated rings. The van der Waals surface area contributed by atoms with E-state index in [4.69, 9.17) is 0 Å². The monoisotopic (exact) mass is 446 g/mol. The van der Waals surface area contributed by atoms with E-state index in [9.17, 15) is 23.3 Å². The van der Waals surface area contributed by atoms with E-state index in [1.165, 1.54) is 12.1 Å². The van der Waals surface area contributed by atoms with Gasteiger partial charge >= 0.3 is 5.69 Å². The van der Waals surface area contributed by atoms with Gasteiger partial charge in [-0.1, -0.05) is 91.0 Å². The molecule has 0 aliphatic rings. The third-order valence-corrected chi connectivity index (χ3v) is 6.63. The zero-order chi connectivity index (χ0) is 22.7. The lowest BCUT2D eigenvalue weighted by Crippen LogP contribution is -2.17. The van der Waals surface area contributed by atoms with Crippen molar-refractivity contribution in [3.63, 3.8) is 0 Å². The van der Waals surface area contributed by atoms with Crippen molar-refractivity contribution in [1.82, 2.24) is 4.98 Å². The quantitative estimate of drug-likeness (QED) is 0.246. The summed E-state index contributed by atoms with van der Waals surface area (Å²) in [6.45, 7) is 0. The maximum Gasteiger partial charge on any atom is 0.314 e. The second-order valence-electron chi connectivity index (χ2n) is 7.09. The zero-order valence-electron chi connectivity index (χ0n) is 16.8. The number of aromatic amines is 1.